The Kier molecular flexibility index (Phi) is 13.0. The van der Waals surface area contributed by atoms with Gasteiger partial charge in [-0.05, 0) is 32.5 Å². The van der Waals surface area contributed by atoms with Crippen LogP contribution in [0, 0.1) is 0 Å². The summed E-state index contributed by atoms with van der Waals surface area (Å²) in [6.07, 6.45) is 3.81. The van der Waals surface area contributed by atoms with Gasteiger partial charge in [0.1, 0.15) is 0 Å². The van der Waals surface area contributed by atoms with Crippen molar-refractivity contribution in [1.29, 1.82) is 0 Å². The summed E-state index contributed by atoms with van der Waals surface area (Å²) >= 11 is 0. The van der Waals surface area contributed by atoms with Crippen LogP contribution in [0.25, 0.3) is 0 Å². The van der Waals surface area contributed by atoms with E-state index in [-0.39, 0.29) is 5.97 Å². The van der Waals surface area contributed by atoms with E-state index in [0.29, 0.717) is 13.0 Å². The highest BCUT2D eigenvalue weighted by molar-refractivity contribution is 5.69. The molecule has 0 bridgehead atoms. The van der Waals surface area contributed by atoms with Crippen molar-refractivity contribution >= 4 is 5.97 Å². The van der Waals surface area contributed by atoms with Gasteiger partial charge in [0.15, 0.2) is 0 Å². The van der Waals surface area contributed by atoms with Gasteiger partial charge in [-0.2, -0.15) is 0 Å². The monoisotopic (exact) mass is 286 g/mol. The summed E-state index contributed by atoms with van der Waals surface area (Å²) in [5.41, 5.74) is 0. The van der Waals surface area contributed by atoms with Crippen LogP contribution in [0.3, 0.4) is 0 Å². The van der Waals surface area contributed by atoms with E-state index in [0.717, 1.165) is 45.7 Å². The van der Waals surface area contributed by atoms with Crippen LogP contribution in [-0.4, -0.2) is 61.6 Å². The molecule has 0 unspecified atom stereocenters. The van der Waals surface area contributed by atoms with E-state index in [1.165, 1.54) is 12.8 Å². The summed E-state index contributed by atoms with van der Waals surface area (Å²) in [5, 5.41) is 0. The zero-order chi connectivity index (χ0) is 15.2. The highest BCUT2D eigenvalue weighted by Gasteiger charge is 2.10. The lowest BCUT2D eigenvalue weighted by molar-refractivity contribution is -0.144. The van der Waals surface area contributed by atoms with Crippen molar-refractivity contribution in [2.24, 2.45) is 0 Å². The quantitative estimate of drug-likeness (QED) is 0.487. The van der Waals surface area contributed by atoms with Crippen LogP contribution in [0.4, 0.5) is 0 Å². The molecule has 0 aliphatic heterocycles. The van der Waals surface area contributed by atoms with E-state index in [1.807, 2.05) is 6.92 Å². The van der Waals surface area contributed by atoms with Crippen molar-refractivity contribution in [2.75, 3.05) is 45.9 Å². The van der Waals surface area contributed by atoms with Crippen LogP contribution in [0.2, 0.25) is 0 Å². The van der Waals surface area contributed by atoms with Crippen LogP contribution in [0.5, 0.6) is 0 Å². The molecule has 0 amide bonds. The summed E-state index contributed by atoms with van der Waals surface area (Å²) in [6.45, 7) is 15.4. The summed E-state index contributed by atoms with van der Waals surface area (Å²) in [4.78, 5) is 16.4. The van der Waals surface area contributed by atoms with Gasteiger partial charge < -0.3 is 14.5 Å². The van der Waals surface area contributed by atoms with Gasteiger partial charge in [0.05, 0.1) is 13.0 Å². The molecule has 0 heterocycles. The van der Waals surface area contributed by atoms with Crippen LogP contribution in [0.15, 0.2) is 0 Å². The summed E-state index contributed by atoms with van der Waals surface area (Å²) in [7, 11) is 0. The van der Waals surface area contributed by atoms with Crippen LogP contribution < -0.4 is 0 Å². The summed E-state index contributed by atoms with van der Waals surface area (Å²) < 4.78 is 5.14. The number of hydrogen-bond donors (Lipinski definition) is 0. The fourth-order valence-electron chi connectivity index (χ4n) is 2.08. The zero-order valence-electron chi connectivity index (χ0n) is 14.0. The lowest BCUT2D eigenvalue weighted by atomic mass is 10.3. The van der Waals surface area contributed by atoms with Gasteiger partial charge in [0.25, 0.3) is 0 Å². The van der Waals surface area contributed by atoms with Crippen LogP contribution in [-0.2, 0) is 9.53 Å². The fraction of sp³-hybridized carbons (Fsp3) is 0.938. The lowest BCUT2D eigenvalue weighted by Gasteiger charge is -2.26. The van der Waals surface area contributed by atoms with Crippen molar-refractivity contribution in [3.63, 3.8) is 0 Å². The molecule has 120 valence electrons. The minimum atomic E-state index is -0.0591. The van der Waals surface area contributed by atoms with Gasteiger partial charge in [-0.25, -0.2) is 0 Å². The third-order valence-electron chi connectivity index (χ3n) is 3.55. The molecular formula is C16H34N2O2. The first-order valence-electron chi connectivity index (χ1n) is 8.28. The minimum Gasteiger partial charge on any atom is -0.466 e. The number of rotatable bonds is 13. The second-order valence-electron chi connectivity index (χ2n) is 5.19. The molecule has 0 saturated heterocycles. The predicted octanol–water partition coefficient (Wildman–Crippen LogP) is 2.77. The van der Waals surface area contributed by atoms with E-state index >= 15 is 0 Å². The Morgan fingerprint density at radius 1 is 0.850 bits per heavy atom. The second-order valence-corrected chi connectivity index (χ2v) is 5.19. The number of carbonyl (C=O) groups excluding carboxylic acids is 1. The Labute approximate surface area is 125 Å². The maximum absolute atomic E-state index is 11.6. The normalized spacial score (nSPS) is 11.3. The van der Waals surface area contributed by atoms with Gasteiger partial charge in [-0.15, -0.1) is 0 Å². The summed E-state index contributed by atoms with van der Waals surface area (Å²) in [5.74, 6) is -0.0591. The molecule has 0 N–H and O–H groups in total. The third-order valence-corrected chi connectivity index (χ3v) is 3.55. The Hall–Kier alpha value is -0.610. The van der Waals surface area contributed by atoms with Crippen molar-refractivity contribution in [3.05, 3.63) is 0 Å². The molecule has 0 aromatic rings. The molecule has 0 aromatic carbocycles. The highest BCUT2D eigenvalue weighted by Crippen LogP contribution is 2.00. The average molecular weight is 286 g/mol. The maximum atomic E-state index is 11.6. The number of hydrogen-bond acceptors (Lipinski definition) is 4. The molecule has 0 saturated carbocycles. The Balaban J connectivity index is 4.03. The minimum absolute atomic E-state index is 0.0591. The number of likely N-dealkylation sites (N-methyl/N-ethyl adjacent to an activating group) is 1. The first kappa shape index (κ1) is 19.4. The first-order chi connectivity index (χ1) is 9.67. The molecule has 4 heteroatoms. The predicted molar refractivity (Wildman–Crippen MR) is 85.0 cm³/mol. The van der Waals surface area contributed by atoms with Gasteiger partial charge in [0.2, 0.25) is 0 Å². The molecule has 0 fully saturated rings. The molecule has 0 radical (unpaired) electrons. The average Bonchev–Trinajstić information content (AvgIpc) is 2.47. The SMILES string of the molecule is CCCCN(CCC(=O)OCCC)CCN(CC)CC. The van der Waals surface area contributed by atoms with E-state index < -0.39 is 0 Å². The molecule has 4 nitrogen and oxygen atoms in total. The molecule has 20 heavy (non-hydrogen) atoms. The second kappa shape index (κ2) is 13.4. The van der Waals surface area contributed by atoms with Crippen molar-refractivity contribution in [1.82, 2.24) is 9.80 Å². The van der Waals surface area contributed by atoms with Crippen LogP contribution in [0.1, 0.15) is 53.4 Å². The maximum Gasteiger partial charge on any atom is 0.307 e. The van der Waals surface area contributed by atoms with E-state index in [1.54, 1.807) is 0 Å². The van der Waals surface area contributed by atoms with E-state index in [9.17, 15) is 4.79 Å². The molecule has 0 atom stereocenters. The Bertz CT molecular complexity index is 231. The van der Waals surface area contributed by atoms with Crippen LogP contribution >= 0.6 is 0 Å². The smallest absolute Gasteiger partial charge is 0.307 e. The summed E-state index contributed by atoms with van der Waals surface area (Å²) in [6, 6.07) is 0. The molecular weight excluding hydrogens is 252 g/mol. The van der Waals surface area contributed by atoms with Gasteiger partial charge >= 0.3 is 5.97 Å². The van der Waals surface area contributed by atoms with Crippen molar-refractivity contribution < 1.29 is 9.53 Å². The molecule has 0 spiro atoms. The Morgan fingerprint density at radius 2 is 1.50 bits per heavy atom. The molecule has 0 aliphatic carbocycles. The largest absolute Gasteiger partial charge is 0.466 e. The van der Waals surface area contributed by atoms with Gasteiger partial charge in [-0.1, -0.05) is 34.1 Å². The van der Waals surface area contributed by atoms with Crippen molar-refractivity contribution in [3.8, 4) is 0 Å². The van der Waals surface area contributed by atoms with Gasteiger partial charge in [0, 0.05) is 19.6 Å². The lowest BCUT2D eigenvalue weighted by Crippen LogP contribution is -2.36. The molecule has 0 aromatic heterocycles. The number of carbonyl (C=O) groups is 1. The fourth-order valence-corrected chi connectivity index (χ4v) is 2.08. The topological polar surface area (TPSA) is 32.8 Å². The third kappa shape index (κ3) is 10.2. The number of esters is 1. The standard InChI is InChI=1S/C16H34N2O2/c1-5-9-11-18(14-13-17(7-3)8-4)12-10-16(19)20-15-6-2/h5-15H2,1-4H3. The molecule has 0 rings (SSSR count). The number of ether oxygens (including phenoxy) is 1. The molecule has 0 aliphatic rings. The number of unbranched alkanes of at least 4 members (excludes halogenated alkanes) is 1. The van der Waals surface area contributed by atoms with Gasteiger partial charge in [-0.3, -0.25) is 4.79 Å². The number of nitrogens with zero attached hydrogens (tertiary/aromatic N) is 2. The van der Waals surface area contributed by atoms with Crippen molar-refractivity contribution in [2.45, 2.75) is 53.4 Å². The van der Waals surface area contributed by atoms with E-state index in [2.05, 4.69) is 30.6 Å². The first-order valence-corrected chi connectivity index (χ1v) is 8.28. The Morgan fingerprint density at radius 3 is 2.05 bits per heavy atom. The highest BCUT2D eigenvalue weighted by atomic mass is 16.5. The van der Waals surface area contributed by atoms with E-state index in [4.69, 9.17) is 4.74 Å². The zero-order valence-corrected chi connectivity index (χ0v) is 14.0.